The summed E-state index contributed by atoms with van der Waals surface area (Å²) in [5, 5.41) is 14.6. The molecule has 2 saturated heterocycles. The van der Waals surface area contributed by atoms with E-state index in [9.17, 15) is 4.79 Å². The lowest BCUT2D eigenvalue weighted by atomic mass is 9.98. The van der Waals surface area contributed by atoms with E-state index in [2.05, 4.69) is 21.6 Å². The molecule has 5 nitrogen and oxygen atoms in total. The Labute approximate surface area is 124 Å². The molecular formula is C16H20N4O. The average Bonchev–Trinajstić information content (AvgIpc) is 2.95. The molecule has 2 aliphatic rings. The van der Waals surface area contributed by atoms with Crippen molar-refractivity contribution >= 4 is 11.7 Å². The Balaban J connectivity index is 1.50. The summed E-state index contributed by atoms with van der Waals surface area (Å²) in [6.07, 6.45) is 4.63. The minimum Gasteiger partial charge on any atom is -0.335 e. The van der Waals surface area contributed by atoms with Gasteiger partial charge in [-0.25, -0.2) is 4.79 Å². The minimum absolute atomic E-state index is 0.156. The lowest BCUT2D eigenvalue weighted by Crippen LogP contribution is -2.48. The number of amides is 2. The fourth-order valence-electron chi connectivity index (χ4n) is 3.34. The van der Waals surface area contributed by atoms with E-state index in [1.165, 1.54) is 19.4 Å². The standard InChI is InChI=1S/C16H20N4O/c17-11-12-3-5-13(6-4-12)18-16(21)19-14-7-9-20-8-1-2-15(20)10-14/h3-6,14-15H,1-2,7-10H2,(H2,18,19,21)/t14-,15-/m0/s1. The highest BCUT2D eigenvalue weighted by Crippen LogP contribution is 2.26. The molecule has 0 saturated carbocycles. The first-order valence-electron chi connectivity index (χ1n) is 7.56. The molecule has 3 rings (SSSR count). The fraction of sp³-hybridized carbons (Fsp3) is 0.500. The molecule has 5 heteroatoms. The van der Waals surface area contributed by atoms with Crippen LogP contribution in [0.1, 0.15) is 31.2 Å². The molecule has 0 bridgehead atoms. The van der Waals surface area contributed by atoms with Gasteiger partial charge in [0.1, 0.15) is 0 Å². The van der Waals surface area contributed by atoms with Gasteiger partial charge in [0.25, 0.3) is 0 Å². The van der Waals surface area contributed by atoms with Gasteiger partial charge in [0.15, 0.2) is 0 Å². The second-order valence-corrected chi connectivity index (χ2v) is 5.84. The van der Waals surface area contributed by atoms with Crippen molar-refractivity contribution in [1.82, 2.24) is 10.2 Å². The quantitative estimate of drug-likeness (QED) is 0.875. The van der Waals surface area contributed by atoms with Crippen LogP contribution in [0, 0.1) is 11.3 Å². The first-order valence-corrected chi connectivity index (χ1v) is 7.56. The number of urea groups is 1. The number of hydrogen-bond acceptors (Lipinski definition) is 3. The SMILES string of the molecule is N#Cc1ccc(NC(=O)N[C@H]2CCN3CCC[C@H]3C2)cc1. The second kappa shape index (κ2) is 6.15. The van der Waals surface area contributed by atoms with Gasteiger partial charge in [-0.15, -0.1) is 0 Å². The van der Waals surface area contributed by atoms with Gasteiger partial charge in [0.2, 0.25) is 0 Å². The van der Waals surface area contributed by atoms with Crippen LogP contribution in [0.15, 0.2) is 24.3 Å². The van der Waals surface area contributed by atoms with E-state index in [1.807, 2.05) is 0 Å². The molecule has 2 atom stereocenters. The van der Waals surface area contributed by atoms with Crippen molar-refractivity contribution in [2.45, 2.75) is 37.8 Å². The Morgan fingerprint density at radius 2 is 2.05 bits per heavy atom. The Morgan fingerprint density at radius 1 is 1.24 bits per heavy atom. The van der Waals surface area contributed by atoms with Gasteiger partial charge in [0.05, 0.1) is 11.6 Å². The van der Waals surface area contributed by atoms with E-state index in [4.69, 9.17) is 5.26 Å². The minimum atomic E-state index is -0.156. The molecule has 0 aliphatic carbocycles. The van der Waals surface area contributed by atoms with Crippen LogP contribution in [-0.2, 0) is 0 Å². The third-order valence-electron chi connectivity index (χ3n) is 4.43. The summed E-state index contributed by atoms with van der Waals surface area (Å²) in [5.74, 6) is 0. The highest BCUT2D eigenvalue weighted by atomic mass is 16.2. The molecule has 0 spiro atoms. The van der Waals surface area contributed by atoms with Gasteiger partial charge in [-0.3, -0.25) is 0 Å². The molecule has 2 fully saturated rings. The fourth-order valence-corrected chi connectivity index (χ4v) is 3.34. The van der Waals surface area contributed by atoms with Crippen molar-refractivity contribution in [3.63, 3.8) is 0 Å². The topological polar surface area (TPSA) is 68.2 Å². The van der Waals surface area contributed by atoms with Crippen LogP contribution in [-0.4, -0.2) is 36.1 Å². The summed E-state index contributed by atoms with van der Waals surface area (Å²) in [5.41, 5.74) is 1.30. The van der Waals surface area contributed by atoms with Crippen molar-refractivity contribution in [2.75, 3.05) is 18.4 Å². The van der Waals surface area contributed by atoms with Crippen LogP contribution in [0.4, 0.5) is 10.5 Å². The monoisotopic (exact) mass is 284 g/mol. The van der Waals surface area contributed by atoms with E-state index >= 15 is 0 Å². The summed E-state index contributed by atoms with van der Waals surface area (Å²) in [4.78, 5) is 14.6. The van der Waals surface area contributed by atoms with Crippen LogP contribution < -0.4 is 10.6 Å². The summed E-state index contributed by atoms with van der Waals surface area (Å²) < 4.78 is 0. The summed E-state index contributed by atoms with van der Waals surface area (Å²) >= 11 is 0. The number of anilines is 1. The van der Waals surface area contributed by atoms with Crippen LogP contribution in [0.5, 0.6) is 0 Å². The number of fused-ring (bicyclic) bond motifs is 1. The lowest BCUT2D eigenvalue weighted by molar-refractivity contribution is 0.168. The van der Waals surface area contributed by atoms with Gasteiger partial charge in [0, 0.05) is 24.3 Å². The van der Waals surface area contributed by atoms with Gasteiger partial charge in [-0.1, -0.05) is 0 Å². The zero-order valence-corrected chi connectivity index (χ0v) is 12.0. The number of nitrogens with one attached hydrogen (secondary N) is 2. The molecule has 21 heavy (non-hydrogen) atoms. The van der Waals surface area contributed by atoms with Crippen LogP contribution in [0.2, 0.25) is 0 Å². The molecule has 110 valence electrons. The predicted octanol–water partition coefficient (Wildman–Crippen LogP) is 2.31. The molecule has 2 amide bonds. The first-order chi connectivity index (χ1) is 10.2. The zero-order valence-electron chi connectivity index (χ0n) is 12.0. The number of benzene rings is 1. The predicted molar refractivity (Wildman–Crippen MR) is 80.9 cm³/mol. The summed E-state index contributed by atoms with van der Waals surface area (Å²) in [6, 6.07) is 9.72. The van der Waals surface area contributed by atoms with Crippen LogP contribution in [0.25, 0.3) is 0 Å². The van der Waals surface area contributed by atoms with Crippen molar-refractivity contribution in [2.24, 2.45) is 0 Å². The Bertz CT molecular complexity index is 548. The number of piperidine rings is 1. The van der Waals surface area contributed by atoms with Crippen molar-refractivity contribution in [3.8, 4) is 6.07 Å². The molecule has 2 aliphatic heterocycles. The first kappa shape index (κ1) is 13.9. The van der Waals surface area contributed by atoms with E-state index in [1.54, 1.807) is 24.3 Å². The van der Waals surface area contributed by atoms with E-state index < -0.39 is 0 Å². The molecule has 1 aromatic carbocycles. The van der Waals surface area contributed by atoms with E-state index in [0.717, 1.165) is 19.4 Å². The third kappa shape index (κ3) is 3.34. The molecule has 0 unspecified atom stereocenters. The highest BCUT2D eigenvalue weighted by Gasteiger charge is 2.32. The maximum Gasteiger partial charge on any atom is 0.319 e. The largest absolute Gasteiger partial charge is 0.335 e. The second-order valence-electron chi connectivity index (χ2n) is 5.84. The number of carbonyl (C=O) groups is 1. The van der Waals surface area contributed by atoms with E-state index in [0.29, 0.717) is 17.3 Å². The molecular weight excluding hydrogens is 264 g/mol. The van der Waals surface area contributed by atoms with Gasteiger partial charge >= 0.3 is 6.03 Å². The summed E-state index contributed by atoms with van der Waals surface area (Å²) in [7, 11) is 0. The number of nitrogens with zero attached hydrogens (tertiary/aromatic N) is 2. The van der Waals surface area contributed by atoms with Crippen LogP contribution >= 0.6 is 0 Å². The molecule has 2 heterocycles. The average molecular weight is 284 g/mol. The Morgan fingerprint density at radius 3 is 2.81 bits per heavy atom. The van der Waals surface area contributed by atoms with Gasteiger partial charge < -0.3 is 15.5 Å². The molecule has 2 N–H and O–H groups in total. The van der Waals surface area contributed by atoms with Crippen molar-refractivity contribution in [1.29, 1.82) is 5.26 Å². The van der Waals surface area contributed by atoms with E-state index in [-0.39, 0.29) is 12.1 Å². The maximum absolute atomic E-state index is 12.0. The Kier molecular flexibility index (Phi) is 4.07. The maximum atomic E-state index is 12.0. The van der Waals surface area contributed by atoms with Crippen molar-refractivity contribution in [3.05, 3.63) is 29.8 Å². The normalized spacial score (nSPS) is 24.9. The van der Waals surface area contributed by atoms with Gasteiger partial charge in [-0.05, 0) is 56.5 Å². The zero-order chi connectivity index (χ0) is 14.7. The number of carbonyl (C=O) groups excluding carboxylic acids is 1. The lowest BCUT2D eigenvalue weighted by Gasteiger charge is -2.35. The van der Waals surface area contributed by atoms with Crippen LogP contribution in [0.3, 0.4) is 0 Å². The molecule has 1 aromatic rings. The van der Waals surface area contributed by atoms with Crippen molar-refractivity contribution < 1.29 is 4.79 Å². The highest BCUT2D eigenvalue weighted by molar-refractivity contribution is 5.89. The molecule has 0 aromatic heterocycles. The Hall–Kier alpha value is -2.06. The number of hydrogen-bond donors (Lipinski definition) is 2. The number of rotatable bonds is 2. The smallest absolute Gasteiger partial charge is 0.319 e. The third-order valence-corrected chi connectivity index (χ3v) is 4.43. The molecule has 0 radical (unpaired) electrons. The number of nitriles is 1. The summed E-state index contributed by atoms with van der Waals surface area (Å²) in [6.45, 7) is 2.31. The van der Waals surface area contributed by atoms with Gasteiger partial charge in [-0.2, -0.15) is 5.26 Å².